The largest absolute Gasteiger partial charge is 0.497 e. The van der Waals surface area contributed by atoms with E-state index in [0.717, 1.165) is 16.7 Å². The molecular weight excluding hydrogens is 464 g/mol. The molecule has 7 heteroatoms. The van der Waals surface area contributed by atoms with E-state index in [1.807, 2.05) is 68.4 Å². The predicted molar refractivity (Wildman–Crippen MR) is 138 cm³/mol. The Morgan fingerprint density at radius 3 is 2.40 bits per heavy atom. The Bertz CT molecular complexity index is 1140. The van der Waals surface area contributed by atoms with Crippen molar-refractivity contribution in [3.05, 3.63) is 94.5 Å². The topological polar surface area (TPSA) is 67.9 Å². The van der Waals surface area contributed by atoms with E-state index >= 15 is 0 Å². The normalized spacial score (nSPS) is 11.4. The molecule has 1 N–H and O–H groups in total. The van der Waals surface area contributed by atoms with Gasteiger partial charge in [0.25, 0.3) is 5.91 Å². The average molecular weight is 495 g/mol. The lowest BCUT2D eigenvalue weighted by Gasteiger charge is -2.31. The maximum Gasteiger partial charge on any atom is 0.261 e. The molecule has 0 fully saturated rings. The molecule has 0 spiro atoms. The summed E-state index contributed by atoms with van der Waals surface area (Å²) in [5, 5.41) is 3.51. The van der Waals surface area contributed by atoms with Crippen molar-refractivity contribution in [3.63, 3.8) is 0 Å². The molecule has 184 valence electrons. The smallest absolute Gasteiger partial charge is 0.261 e. The zero-order valence-electron chi connectivity index (χ0n) is 20.3. The van der Waals surface area contributed by atoms with Crippen LogP contribution in [0.3, 0.4) is 0 Å². The summed E-state index contributed by atoms with van der Waals surface area (Å²) in [6, 6.07) is 21.7. The first-order chi connectivity index (χ1) is 16.9. The molecule has 2 amide bonds. The van der Waals surface area contributed by atoms with Crippen LogP contribution in [0.2, 0.25) is 5.02 Å². The van der Waals surface area contributed by atoms with Crippen LogP contribution in [-0.4, -0.2) is 43.0 Å². The van der Waals surface area contributed by atoms with E-state index < -0.39 is 6.04 Å². The third-order valence-corrected chi connectivity index (χ3v) is 6.02. The monoisotopic (exact) mass is 494 g/mol. The summed E-state index contributed by atoms with van der Waals surface area (Å²) in [6.45, 7) is 4.21. The molecule has 0 saturated carbocycles. The minimum Gasteiger partial charge on any atom is -0.497 e. The van der Waals surface area contributed by atoms with Crippen molar-refractivity contribution in [2.75, 3.05) is 20.3 Å². The summed E-state index contributed by atoms with van der Waals surface area (Å²) >= 11 is 6.11. The fraction of sp³-hybridized carbons (Fsp3) is 0.286. The molecular formula is C28H31ClN2O4. The fourth-order valence-electron chi connectivity index (χ4n) is 3.75. The molecule has 6 nitrogen and oxygen atoms in total. The minimum absolute atomic E-state index is 0.213. The Kier molecular flexibility index (Phi) is 9.56. The predicted octanol–water partition coefficient (Wildman–Crippen LogP) is 4.81. The third kappa shape index (κ3) is 7.49. The summed E-state index contributed by atoms with van der Waals surface area (Å²) in [5.74, 6) is 0.710. The number of carbonyl (C=O) groups is 2. The van der Waals surface area contributed by atoms with Crippen LogP contribution in [0.4, 0.5) is 0 Å². The van der Waals surface area contributed by atoms with Crippen LogP contribution in [0.1, 0.15) is 23.6 Å². The Morgan fingerprint density at radius 2 is 1.71 bits per heavy atom. The zero-order chi connectivity index (χ0) is 25.2. The number of nitrogens with one attached hydrogen (secondary N) is 1. The van der Waals surface area contributed by atoms with E-state index in [-0.39, 0.29) is 25.0 Å². The van der Waals surface area contributed by atoms with Crippen molar-refractivity contribution in [2.45, 2.75) is 32.9 Å². The van der Waals surface area contributed by atoms with E-state index in [2.05, 4.69) is 5.32 Å². The van der Waals surface area contributed by atoms with Gasteiger partial charge in [0.1, 0.15) is 17.5 Å². The minimum atomic E-state index is -0.716. The molecule has 0 saturated heterocycles. The van der Waals surface area contributed by atoms with Crippen molar-refractivity contribution in [1.82, 2.24) is 10.2 Å². The fourth-order valence-corrected chi connectivity index (χ4v) is 3.87. The molecule has 0 unspecified atom stereocenters. The number of likely N-dealkylation sites (N-methyl/N-ethyl adjacent to an activating group) is 1. The van der Waals surface area contributed by atoms with Crippen LogP contribution in [0.5, 0.6) is 11.5 Å². The Labute approximate surface area is 211 Å². The SMILES string of the molecule is CCNC(=O)[C@@H](Cc1ccccc1)N(Cc1cccc(OC)c1)C(=O)COc1ccc(Cl)c(C)c1. The second kappa shape index (κ2) is 12.8. The van der Waals surface area contributed by atoms with E-state index in [1.165, 1.54) is 0 Å². The lowest BCUT2D eigenvalue weighted by atomic mass is 10.0. The first kappa shape index (κ1) is 26.1. The summed E-state index contributed by atoms with van der Waals surface area (Å²) in [4.78, 5) is 28.3. The van der Waals surface area contributed by atoms with Gasteiger partial charge in [-0.1, -0.05) is 54.1 Å². The van der Waals surface area contributed by atoms with E-state index in [1.54, 1.807) is 30.2 Å². The van der Waals surface area contributed by atoms with Gasteiger partial charge in [0.2, 0.25) is 5.91 Å². The average Bonchev–Trinajstić information content (AvgIpc) is 2.87. The van der Waals surface area contributed by atoms with Gasteiger partial charge in [-0.3, -0.25) is 9.59 Å². The van der Waals surface area contributed by atoms with Crippen molar-refractivity contribution in [2.24, 2.45) is 0 Å². The number of nitrogens with zero attached hydrogens (tertiary/aromatic N) is 1. The van der Waals surface area contributed by atoms with Crippen LogP contribution in [0.15, 0.2) is 72.8 Å². The number of ether oxygens (including phenoxy) is 2. The standard InChI is InChI=1S/C28H31ClN2O4/c1-4-30-28(33)26(17-21-9-6-5-7-10-21)31(18-22-11-8-12-23(16-22)34-3)27(32)19-35-24-13-14-25(29)20(2)15-24/h5-16,26H,4,17-19H2,1-3H3,(H,30,33)/t26-/m1/s1. The molecule has 3 rings (SSSR count). The molecule has 0 aliphatic rings. The Hall–Kier alpha value is -3.51. The summed E-state index contributed by atoms with van der Waals surface area (Å²) in [6.07, 6.45) is 0.377. The molecule has 35 heavy (non-hydrogen) atoms. The van der Waals surface area contributed by atoms with Crippen LogP contribution in [0.25, 0.3) is 0 Å². The van der Waals surface area contributed by atoms with Crippen LogP contribution < -0.4 is 14.8 Å². The maximum absolute atomic E-state index is 13.5. The first-order valence-corrected chi connectivity index (χ1v) is 11.9. The Balaban J connectivity index is 1.90. The van der Waals surface area contributed by atoms with Crippen molar-refractivity contribution >= 4 is 23.4 Å². The highest BCUT2D eigenvalue weighted by Gasteiger charge is 2.30. The zero-order valence-corrected chi connectivity index (χ0v) is 21.0. The van der Waals surface area contributed by atoms with Gasteiger partial charge in [0.05, 0.1) is 7.11 Å². The van der Waals surface area contributed by atoms with Crippen molar-refractivity contribution in [3.8, 4) is 11.5 Å². The maximum atomic E-state index is 13.5. The van der Waals surface area contributed by atoms with Crippen molar-refractivity contribution < 1.29 is 19.1 Å². The quantitative estimate of drug-likeness (QED) is 0.415. The molecule has 3 aromatic carbocycles. The highest BCUT2D eigenvalue weighted by molar-refractivity contribution is 6.31. The number of aryl methyl sites for hydroxylation is 1. The number of rotatable bonds is 11. The van der Waals surface area contributed by atoms with Crippen LogP contribution >= 0.6 is 11.6 Å². The van der Waals surface area contributed by atoms with Gasteiger partial charge < -0.3 is 19.7 Å². The van der Waals surface area contributed by atoms with E-state index in [0.29, 0.717) is 29.5 Å². The van der Waals surface area contributed by atoms with Crippen molar-refractivity contribution in [1.29, 1.82) is 0 Å². The third-order valence-electron chi connectivity index (χ3n) is 5.60. The number of methoxy groups -OCH3 is 1. The van der Waals surface area contributed by atoms with Crippen LogP contribution in [-0.2, 0) is 22.6 Å². The molecule has 0 radical (unpaired) electrons. The number of carbonyl (C=O) groups excluding carboxylic acids is 2. The van der Waals surface area contributed by atoms with Gasteiger partial charge in [0, 0.05) is 24.5 Å². The Morgan fingerprint density at radius 1 is 0.971 bits per heavy atom. The number of hydrogen-bond acceptors (Lipinski definition) is 4. The molecule has 0 bridgehead atoms. The lowest BCUT2D eigenvalue weighted by Crippen LogP contribution is -2.51. The van der Waals surface area contributed by atoms with Gasteiger partial charge in [-0.05, 0) is 60.9 Å². The number of halogens is 1. The molecule has 0 aliphatic carbocycles. The highest BCUT2D eigenvalue weighted by atomic mass is 35.5. The van der Waals surface area contributed by atoms with Gasteiger partial charge in [-0.25, -0.2) is 0 Å². The van der Waals surface area contributed by atoms with E-state index in [9.17, 15) is 9.59 Å². The second-order valence-corrected chi connectivity index (χ2v) is 8.58. The molecule has 0 aliphatic heterocycles. The van der Waals surface area contributed by atoms with E-state index in [4.69, 9.17) is 21.1 Å². The molecule has 0 heterocycles. The van der Waals surface area contributed by atoms with Gasteiger partial charge in [0.15, 0.2) is 6.61 Å². The summed E-state index contributed by atoms with van der Waals surface area (Å²) < 4.78 is 11.1. The molecule has 1 atom stereocenters. The molecule has 3 aromatic rings. The number of amides is 2. The summed E-state index contributed by atoms with van der Waals surface area (Å²) in [7, 11) is 1.59. The lowest BCUT2D eigenvalue weighted by molar-refractivity contribution is -0.142. The number of hydrogen-bond donors (Lipinski definition) is 1. The van der Waals surface area contributed by atoms with Gasteiger partial charge in [-0.2, -0.15) is 0 Å². The highest BCUT2D eigenvalue weighted by Crippen LogP contribution is 2.22. The second-order valence-electron chi connectivity index (χ2n) is 8.17. The summed E-state index contributed by atoms with van der Waals surface area (Å²) in [5.41, 5.74) is 2.66. The van der Waals surface area contributed by atoms with Gasteiger partial charge in [-0.15, -0.1) is 0 Å². The first-order valence-electron chi connectivity index (χ1n) is 11.5. The van der Waals surface area contributed by atoms with Crippen LogP contribution in [0, 0.1) is 6.92 Å². The number of benzene rings is 3. The van der Waals surface area contributed by atoms with Gasteiger partial charge >= 0.3 is 0 Å². The molecule has 0 aromatic heterocycles.